The van der Waals surface area contributed by atoms with Gasteiger partial charge in [-0.05, 0) is 33.9 Å². The van der Waals surface area contributed by atoms with E-state index in [-0.39, 0.29) is 12.0 Å². The molecule has 2 aliphatic rings. The molecular formula is C27H26N2O4. The topological polar surface area (TPSA) is 70.1 Å². The summed E-state index contributed by atoms with van der Waals surface area (Å²) >= 11 is 0. The fourth-order valence-corrected chi connectivity index (χ4v) is 4.88. The van der Waals surface area contributed by atoms with Crippen molar-refractivity contribution in [2.45, 2.75) is 12.5 Å². The number of ether oxygens (including phenoxy) is 1. The van der Waals surface area contributed by atoms with Crippen LogP contribution in [0.25, 0.3) is 11.1 Å². The summed E-state index contributed by atoms with van der Waals surface area (Å²) in [6.07, 6.45) is -0.289. The van der Waals surface area contributed by atoms with Gasteiger partial charge in [-0.25, -0.2) is 9.59 Å². The first-order chi connectivity index (χ1) is 16.1. The Bertz CT molecular complexity index is 1140. The first-order valence-electron chi connectivity index (χ1n) is 11.3. The number of carboxylic acids is 1. The Kier molecular flexibility index (Phi) is 5.84. The molecule has 6 heteroatoms. The molecule has 1 amide bonds. The summed E-state index contributed by atoms with van der Waals surface area (Å²) in [5.74, 6) is -0.863. The molecule has 0 unspecified atom stereocenters. The van der Waals surface area contributed by atoms with E-state index in [0.29, 0.717) is 44.9 Å². The highest BCUT2D eigenvalue weighted by Crippen LogP contribution is 2.44. The van der Waals surface area contributed by atoms with E-state index in [0.717, 1.165) is 5.56 Å². The molecule has 1 aliphatic carbocycles. The van der Waals surface area contributed by atoms with Crippen molar-refractivity contribution in [3.05, 3.63) is 95.1 Å². The molecule has 0 aromatic heterocycles. The van der Waals surface area contributed by atoms with E-state index in [2.05, 4.69) is 29.2 Å². The smallest absolute Gasteiger partial charge is 0.409 e. The number of aromatic carboxylic acids is 1. The summed E-state index contributed by atoms with van der Waals surface area (Å²) in [4.78, 5) is 28.2. The normalized spacial score (nSPS) is 15.7. The van der Waals surface area contributed by atoms with Crippen LogP contribution in [0.5, 0.6) is 0 Å². The van der Waals surface area contributed by atoms with Crippen LogP contribution in [0.2, 0.25) is 0 Å². The van der Waals surface area contributed by atoms with E-state index in [4.69, 9.17) is 4.74 Å². The molecule has 1 heterocycles. The first kappa shape index (κ1) is 21.2. The highest BCUT2D eigenvalue weighted by molar-refractivity contribution is 5.89. The third kappa shape index (κ3) is 4.22. The van der Waals surface area contributed by atoms with Gasteiger partial charge >= 0.3 is 12.1 Å². The Hall–Kier alpha value is -3.64. The molecule has 0 spiro atoms. The summed E-state index contributed by atoms with van der Waals surface area (Å²) in [5.41, 5.74) is 5.95. The Morgan fingerprint density at radius 1 is 0.818 bits per heavy atom. The molecule has 1 aliphatic heterocycles. The van der Waals surface area contributed by atoms with Gasteiger partial charge in [0.25, 0.3) is 0 Å². The first-order valence-corrected chi connectivity index (χ1v) is 11.3. The van der Waals surface area contributed by atoms with Crippen molar-refractivity contribution in [2.24, 2.45) is 0 Å². The Balaban J connectivity index is 1.18. The van der Waals surface area contributed by atoms with Gasteiger partial charge in [-0.15, -0.1) is 0 Å². The van der Waals surface area contributed by atoms with Crippen molar-refractivity contribution < 1.29 is 19.4 Å². The van der Waals surface area contributed by atoms with E-state index in [9.17, 15) is 14.7 Å². The number of hydrogen-bond acceptors (Lipinski definition) is 4. The molecule has 168 valence electrons. The van der Waals surface area contributed by atoms with Gasteiger partial charge in [0.1, 0.15) is 6.61 Å². The SMILES string of the molecule is O=C(O)c1ccccc1CN1CCN(C(=O)OCC2c3ccccc3-c3ccccc32)CC1. The molecular weight excluding hydrogens is 416 g/mol. The molecule has 1 N–H and O–H groups in total. The lowest BCUT2D eigenvalue weighted by atomic mass is 9.98. The van der Waals surface area contributed by atoms with Crippen molar-refractivity contribution in [3.63, 3.8) is 0 Å². The number of amides is 1. The largest absolute Gasteiger partial charge is 0.478 e. The van der Waals surface area contributed by atoms with Gasteiger partial charge in [-0.3, -0.25) is 4.90 Å². The van der Waals surface area contributed by atoms with Crippen LogP contribution in [0.1, 0.15) is 33.0 Å². The summed E-state index contributed by atoms with van der Waals surface area (Å²) in [6.45, 7) is 3.36. The molecule has 0 atom stereocenters. The predicted molar refractivity (Wildman–Crippen MR) is 125 cm³/mol. The average molecular weight is 443 g/mol. The van der Waals surface area contributed by atoms with Crippen LogP contribution in [0.15, 0.2) is 72.8 Å². The number of carbonyl (C=O) groups is 2. The Morgan fingerprint density at radius 3 is 2.03 bits per heavy atom. The minimum absolute atomic E-state index is 0.0511. The Labute approximate surface area is 193 Å². The van der Waals surface area contributed by atoms with Crippen molar-refractivity contribution in [3.8, 4) is 11.1 Å². The quantitative estimate of drug-likeness (QED) is 0.632. The number of nitrogens with zero attached hydrogens (tertiary/aromatic N) is 2. The second kappa shape index (κ2) is 9.08. The van der Waals surface area contributed by atoms with Crippen molar-refractivity contribution in [2.75, 3.05) is 32.8 Å². The van der Waals surface area contributed by atoms with Gasteiger partial charge in [0.2, 0.25) is 0 Å². The summed E-state index contributed by atoms with van der Waals surface area (Å²) in [6, 6.07) is 23.7. The average Bonchev–Trinajstić information content (AvgIpc) is 3.17. The molecule has 1 saturated heterocycles. The third-order valence-electron chi connectivity index (χ3n) is 6.61. The zero-order chi connectivity index (χ0) is 22.8. The second-order valence-electron chi connectivity index (χ2n) is 8.53. The number of carboxylic acid groups (broad SMARTS) is 1. The van der Waals surface area contributed by atoms with Crippen LogP contribution in [0.4, 0.5) is 4.79 Å². The Morgan fingerprint density at radius 2 is 1.39 bits per heavy atom. The zero-order valence-electron chi connectivity index (χ0n) is 18.3. The second-order valence-corrected chi connectivity index (χ2v) is 8.53. The summed E-state index contributed by atoms with van der Waals surface area (Å²) in [5, 5.41) is 9.39. The van der Waals surface area contributed by atoms with Crippen LogP contribution in [-0.4, -0.2) is 59.8 Å². The lowest BCUT2D eigenvalue weighted by Crippen LogP contribution is -2.48. The molecule has 0 radical (unpaired) electrons. The van der Waals surface area contributed by atoms with Gasteiger partial charge in [0.05, 0.1) is 5.56 Å². The fraction of sp³-hybridized carbons (Fsp3) is 0.259. The molecule has 3 aromatic rings. The maximum absolute atomic E-state index is 12.8. The van der Waals surface area contributed by atoms with Gasteiger partial charge in [-0.1, -0.05) is 66.7 Å². The monoisotopic (exact) mass is 442 g/mol. The highest BCUT2D eigenvalue weighted by atomic mass is 16.6. The standard InChI is InChI=1S/C27H26N2O4/c30-26(31)20-8-2-1-7-19(20)17-28-13-15-29(16-14-28)27(32)33-18-25-23-11-5-3-9-21(23)22-10-4-6-12-24(22)25/h1-12,25H,13-18H2,(H,30,31). The van der Waals surface area contributed by atoms with Gasteiger partial charge < -0.3 is 14.7 Å². The highest BCUT2D eigenvalue weighted by Gasteiger charge is 2.30. The maximum Gasteiger partial charge on any atom is 0.409 e. The molecule has 0 bridgehead atoms. The van der Waals surface area contributed by atoms with Gasteiger partial charge in [-0.2, -0.15) is 0 Å². The number of rotatable bonds is 5. The van der Waals surface area contributed by atoms with Gasteiger partial charge in [0.15, 0.2) is 0 Å². The summed E-state index contributed by atoms with van der Waals surface area (Å²) in [7, 11) is 0. The zero-order valence-corrected chi connectivity index (χ0v) is 18.3. The number of piperazine rings is 1. The van der Waals surface area contributed by atoms with Crippen molar-refractivity contribution in [1.29, 1.82) is 0 Å². The molecule has 1 fully saturated rings. The van der Waals surface area contributed by atoms with Gasteiger partial charge in [0, 0.05) is 38.6 Å². The lowest BCUT2D eigenvalue weighted by Gasteiger charge is -2.34. The molecule has 3 aromatic carbocycles. The number of benzene rings is 3. The number of fused-ring (bicyclic) bond motifs is 3. The van der Waals surface area contributed by atoms with Crippen LogP contribution >= 0.6 is 0 Å². The third-order valence-corrected chi connectivity index (χ3v) is 6.61. The van der Waals surface area contributed by atoms with Crippen LogP contribution in [0.3, 0.4) is 0 Å². The van der Waals surface area contributed by atoms with Crippen LogP contribution in [-0.2, 0) is 11.3 Å². The molecule has 6 nitrogen and oxygen atoms in total. The minimum atomic E-state index is -0.914. The van der Waals surface area contributed by atoms with E-state index >= 15 is 0 Å². The van der Waals surface area contributed by atoms with E-state index < -0.39 is 5.97 Å². The fourth-order valence-electron chi connectivity index (χ4n) is 4.88. The molecule has 0 saturated carbocycles. The summed E-state index contributed by atoms with van der Waals surface area (Å²) < 4.78 is 5.77. The van der Waals surface area contributed by atoms with E-state index in [1.54, 1.807) is 17.0 Å². The number of carbonyl (C=O) groups excluding carboxylic acids is 1. The lowest BCUT2D eigenvalue weighted by molar-refractivity contribution is 0.0688. The van der Waals surface area contributed by atoms with Crippen LogP contribution < -0.4 is 0 Å². The number of hydrogen-bond donors (Lipinski definition) is 1. The van der Waals surface area contributed by atoms with E-state index in [1.165, 1.54) is 22.3 Å². The molecule has 33 heavy (non-hydrogen) atoms. The minimum Gasteiger partial charge on any atom is -0.478 e. The van der Waals surface area contributed by atoms with E-state index in [1.807, 2.05) is 36.4 Å². The predicted octanol–water partition coefficient (Wildman–Crippen LogP) is 4.45. The maximum atomic E-state index is 12.8. The van der Waals surface area contributed by atoms with Crippen molar-refractivity contribution in [1.82, 2.24) is 9.80 Å². The molecule has 5 rings (SSSR count). The van der Waals surface area contributed by atoms with Crippen LogP contribution in [0, 0.1) is 0 Å². The van der Waals surface area contributed by atoms with Crippen molar-refractivity contribution >= 4 is 12.1 Å².